The summed E-state index contributed by atoms with van der Waals surface area (Å²) in [5.41, 5.74) is 1.96. The van der Waals surface area contributed by atoms with Crippen molar-refractivity contribution in [2.45, 2.75) is 6.54 Å². The zero-order chi connectivity index (χ0) is 13.9. The smallest absolute Gasteiger partial charge is 0.123 e. The zero-order valence-electron chi connectivity index (χ0n) is 10.7. The number of benzene rings is 3. The molecule has 0 aromatic heterocycles. The van der Waals surface area contributed by atoms with Crippen molar-refractivity contribution in [3.63, 3.8) is 0 Å². The molecule has 3 heteroatoms. The zero-order valence-corrected chi connectivity index (χ0v) is 12.3. The molecule has 3 aromatic carbocycles. The molecule has 0 spiro atoms. The molecule has 0 amide bonds. The average Bonchev–Trinajstić information content (AvgIpc) is 2.45. The molecule has 3 rings (SSSR count). The van der Waals surface area contributed by atoms with Crippen molar-refractivity contribution in [3.8, 4) is 0 Å². The first-order chi connectivity index (χ1) is 9.70. The Morgan fingerprint density at radius 2 is 1.70 bits per heavy atom. The fourth-order valence-electron chi connectivity index (χ4n) is 2.18. The lowest BCUT2D eigenvalue weighted by Gasteiger charge is -2.08. The van der Waals surface area contributed by atoms with Crippen LogP contribution in [0.4, 0.5) is 10.1 Å². The van der Waals surface area contributed by atoms with Crippen molar-refractivity contribution in [1.29, 1.82) is 0 Å². The third-order valence-electron chi connectivity index (χ3n) is 3.19. The van der Waals surface area contributed by atoms with E-state index >= 15 is 0 Å². The summed E-state index contributed by atoms with van der Waals surface area (Å²) >= 11 is 3.47. The highest BCUT2D eigenvalue weighted by molar-refractivity contribution is 9.10. The molecule has 0 aliphatic carbocycles. The van der Waals surface area contributed by atoms with Gasteiger partial charge in [0.25, 0.3) is 0 Å². The van der Waals surface area contributed by atoms with E-state index in [1.165, 1.54) is 16.8 Å². The van der Waals surface area contributed by atoms with E-state index in [1.54, 1.807) is 12.1 Å². The monoisotopic (exact) mass is 329 g/mol. The van der Waals surface area contributed by atoms with Gasteiger partial charge in [-0.05, 0) is 52.7 Å². The number of hydrogen-bond acceptors (Lipinski definition) is 1. The quantitative estimate of drug-likeness (QED) is 0.682. The first-order valence-electron chi connectivity index (χ1n) is 6.38. The Bertz CT molecular complexity index is 755. The van der Waals surface area contributed by atoms with Crippen molar-refractivity contribution in [2.24, 2.45) is 0 Å². The molecular weight excluding hydrogens is 317 g/mol. The van der Waals surface area contributed by atoms with Crippen LogP contribution in [0.2, 0.25) is 0 Å². The van der Waals surface area contributed by atoms with Gasteiger partial charge in [-0.25, -0.2) is 4.39 Å². The Hall–Kier alpha value is -1.87. The summed E-state index contributed by atoms with van der Waals surface area (Å²) in [6.45, 7) is 0.611. The molecule has 3 aromatic rings. The van der Waals surface area contributed by atoms with Gasteiger partial charge in [0.15, 0.2) is 0 Å². The number of fused-ring (bicyclic) bond motifs is 1. The van der Waals surface area contributed by atoms with Crippen molar-refractivity contribution >= 4 is 32.4 Å². The molecule has 0 saturated heterocycles. The molecule has 0 heterocycles. The maximum absolute atomic E-state index is 13.1. The van der Waals surface area contributed by atoms with E-state index in [-0.39, 0.29) is 5.82 Å². The van der Waals surface area contributed by atoms with Gasteiger partial charge < -0.3 is 5.32 Å². The Morgan fingerprint density at radius 3 is 2.55 bits per heavy atom. The van der Waals surface area contributed by atoms with Crippen LogP contribution in [0.15, 0.2) is 65.1 Å². The van der Waals surface area contributed by atoms with E-state index in [9.17, 15) is 4.39 Å². The summed E-state index contributed by atoms with van der Waals surface area (Å²) in [5.74, 6) is -0.201. The topological polar surface area (TPSA) is 12.0 Å². The van der Waals surface area contributed by atoms with Crippen LogP contribution in [-0.4, -0.2) is 0 Å². The Morgan fingerprint density at radius 1 is 0.900 bits per heavy atom. The van der Waals surface area contributed by atoms with Crippen LogP contribution in [0.25, 0.3) is 10.8 Å². The van der Waals surface area contributed by atoms with Gasteiger partial charge in [0.2, 0.25) is 0 Å². The third-order valence-corrected chi connectivity index (χ3v) is 3.68. The molecule has 0 fully saturated rings. The molecule has 0 saturated carbocycles. The Balaban J connectivity index is 1.79. The molecule has 0 aliphatic heterocycles. The second-order valence-electron chi connectivity index (χ2n) is 4.69. The predicted molar refractivity (Wildman–Crippen MR) is 85.4 cm³/mol. The van der Waals surface area contributed by atoms with E-state index in [0.29, 0.717) is 6.54 Å². The number of hydrogen-bond donors (Lipinski definition) is 1. The van der Waals surface area contributed by atoms with Crippen molar-refractivity contribution in [3.05, 3.63) is 76.5 Å². The van der Waals surface area contributed by atoms with Crippen molar-refractivity contribution < 1.29 is 4.39 Å². The number of nitrogens with one attached hydrogen (secondary N) is 1. The van der Waals surface area contributed by atoms with Crippen LogP contribution in [0.3, 0.4) is 0 Å². The molecule has 0 aliphatic rings. The lowest BCUT2D eigenvalue weighted by molar-refractivity contribution is 0.626. The first-order valence-corrected chi connectivity index (χ1v) is 7.18. The van der Waals surface area contributed by atoms with Gasteiger partial charge in [0.1, 0.15) is 5.82 Å². The average molecular weight is 330 g/mol. The minimum Gasteiger partial charge on any atom is -0.381 e. The molecule has 0 unspecified atom stereocenters. The highest BCUT2D eigenvalue weighted by atomic mass is 79.9. The number of halogens is 2. The van der Waals surface area contributed by atoms with Gasteiger partial charge in [-0.2, -0.15) is 0 Å². The van der Waals surface area contributed by atoms with Gasteiger partial charge in [-0.3, -0.25) is 0 Å². The van der Waals surface area contributed by atoms with Crippen LogP contribution in [0.1, 0.15) is 5.56 Å². The van der Waals surface area contributed by atoms with Gasteiger partial charge in [0.05, 0.1) is 0 Å². The second kappa shape index (κ2) is 5.63. The fraction of sp³-hybridized carbons (Fsp3) is 0.0588. The second-order valence-corrected chi connectivity index (χ2v) is 5.61. The van der Waals surface area contributed by atoms with E-state index in [2.05, 4.69) is 45.5 Å². The van der Waals surface area contributed by atoms with E-state index in [1.807, 2.05) is 18.2 Å². The minimum atomic E-state index is -0.201. The van der Waals surface area contributed by atoms with Gasteiger partial charge >= 0.3 is 0 Å². The van der Waals surface area contributed by atoms with Gasteiger partial charge in [-0.15, -0.1) is 0 Å². The molecule has 1 N–H and O–H groups in total. The Labute approximate surface area is 125 Å². The van der Waals surface area contributed by atoms with Gasteiger partial charge in [-0.1, -0.05) is 40.2 Å². The predicted octanol–water partition coefficient (Wildman–Crippen LogP) is 5.35. The lowest BCUT2D eigenvalue weighted by atomic mass is 10.1. The van der Waals surface area contributed by atoms with E-state index < -0.39 is 0 Å². The maximum atomic E-state index is 13.1. The summed E-state index contributed by atoms with van der Waals surface area (Å²) < 4.78 is 14.2. The summed E-state index contributed by atoms with van der Waals surface area (Å²) in [7, 11) is 0. The highest BCUT2D eigenvalue weighted by Crippen LogP contribution is 2.23. The van der Waals surface area contributed by atoms with Crippen LogP contribution >= 0.6 is 15.9 Å². The van der Waals surface area contributed by atoms with Crippen LogP contribution in [0.5, 0.6) is 0 Å². The summed E-state index contributed by atoms with van der Waals surface area (Å²) in [5, 5.41) is 5.69. The van der Waals surface area contributed by atoms with Gasteiger partial charge in [0, 0.05) is 16.7 Å². The van der Waals surface area contributed by atoms with Crippen molar-refractivity contribution in [2.75, 3.05) is 5.32 Å². The minimum absolute atomic E-state index is 0.201. The third kappa shape index (κ3) is 2.99. The molecule has 0 radical (unpaired) electrons. The summed E-state index contributed by atoms with van der Waals surface area (Å²) in [6.07, 6.45) is 0. The van der Waals surface area contributed by atoms with E-state index in [0.717, 1.165) is 15.7 Å². The highest BCUT2D eigenvalue weighted by Gasteiger charge is 1.99. The molecule has 100 valence electrons. The largest absolute Gasteiger partial charge is 0.381 e. The fourth-order valence-corrected chi connectivity index (χ4v) is 2.56. The molecule has 1 nitrogen and oxygen atoms in total. The molecule has 0 atom stereocenters. The van der Waals surface area contributed by atoms with Crippen LogP contribution in [-0.2, 0) is 6.54 Å². The number of rotatable bonds is 3. The lowest BCUT2D eigenvalue weighted by Crippen LogP contribution is -1.99. The maximum Gasteiger partial charge on any atom is 0.123 e. The molecule has 20 heavy (non-hydrogen) atoms. The Kier molecular flexibility index (Phi) is 3.70. The molecular formula is C17H13BrFN. The van der Waals surface area contributed by atoms with Crippen molar-refractivity contribution in [1.82, 2.24) is 0 Å². The SMILES string of the molecule is Fc1cccc(CNc2ccc3cc(Br)ccc3c2)c1. The first kappa shape index (κ1) is 13.1. The number of anilines is 1. The molecule has 0 bridgehead atoms. The van der Waals surface area contributed by atoms with Crippen LogP contribution in [0, 0.1) is 5.82 Å². The normalized spacial score (nSPS) is 10.7. The standard InChI is InChI=1S/C17H13BrFN/c18-15-6-4-14-10-17(7-5-13(14)9-15)20-11-12-2-1-3-16(19)8-12/h1-10,20H,11H2. The summed E-state index contributed by atoms with van der Waals surface area (Å²) in [4.78, 5) is 0. The summed E-state index contributed by atoms with van der Waals surface area (Å²) in [6, 6.07) is 19.0. The van der Waals surface area contributed by atoms with Crippen LogP contribution < -0.4 is 5.32 Å². The van der Waals surface area contributed by atoms with E-state index in [4.69, 9.17) is 0 Å².